The predicted octanol–water partition coefficient (Wildman–Crippen LogP) is 1.56. The average molecular weight is 210 g/mol. The molecule has 14 heavy (non-hydrogen) atoms. The van der Waals surface area contributed by atoms with Crippen LogP contribution in [0.4, 0.5) is 5.69 Å². The van der Waals surface area contributed by atoms with Crippen molar-refractivity contribution < 1.29 is 0 Å². The second-order valence-electron chi connectivity index (χ2n) is 3.00. The Morgan fingerprint density at radius 2 is 2.29 bits per heavy atom. The second-order valence-corrected chi connectivity index (χ2v) is 3.41. The van der Waals surface area contributed by atoms with Gasteiger partial charge in [0.2, 0.25) is 0 Å². The number of nitrogens with zero attached hydrogens (tertiary/aromatic N) is 1. The van der Waals surface area contributed by atoms with Gasteiger partial charge in [0.1, 0.15) is 6.07 Å². The molecule has 0 saturated carbocycles. The van der Waals surface area contributed by atoms with Gasteiger partial charge in [0, 0.05) is 0 Å². The Morgan fingerprint density at radius 3 is 2.86 bits per heavy atom. The second kappa shape index (κ2) is 4.85. The first-order valence-corrected chi connectivity index (χ1v) is 4.69. The van der Waals surface area contributed by atoms with Crippen LogP contribution in [-0.4, -0.2) is 13.6 Å². The van der Waals surface area contributed by atoms with Crippen LogP contribution in [0.5, 0.6) is 0 Å². The average Bonchev–Trinajstić information content (AvgIpc) is 2.19. The molecule has 0 aliphatic rings. The minimum atomic E-state index is 0.363. The lowest BCUT2D eigenvalue weighted by Gasteiger charge is -2.05. The van der Waals surface area contributed by atoms with E-state index in [0.717, 1.165) is 18.5 Å². The van der Waals surface area contributed by atoms with Crippen LogP contribution in [0.25, 0.3) is 0 Å². The van der Waals surface area contributed by atoms with Crippen LogP contribution < -0.4 is 11.1 Å². The lowest BCUT2D eigenvalue weighted by atomic mass is 10.1. The number of likely N-dealkylation sites (N-methyl/N-ethyl adjacent to an activating group) is 1. The summed E-state index contributed by atoms with van der Waals surface area (Å²) >= 11 is 5.88. The molecule has 0 radical (unpaired) electrons. The Morgan fingerprint density at radius 1 is 1.57 bits per heavy atom. The van der Waals surface area contributed by atoms with Crippen molar-refractivity contribution in [2.75, 3.05) is 19.3 Å². The van der Waals surface area contributed by atoms with Crippen molar-refractivity contribution in [2.24, 2.45) is 0 Å². The Hall–Kier alpha value is -1.24. The number of nitrogens with two attached hydrogens (primary N) is 1. The third kappa shape index (κ3) is 2.38. The van der Waals surface area contributed by atoms with E-state index in [1.54, 1.807) is 12.1 Å². The number of nitrogens with one attached hydrogen (secondary N) is 1. The minimum absolute atomic E-state index is 0.363. The zero-order chi connectivity index (χ0) is 10.6. The van der Waals surface area contributed by atoms with Gasteiger partial charge in [-0.2, -0.15) is 5.26 Å². The normalized spacial score (nSPS) is 9.79. The van der Waals surface area contributed by atoms with Crippen molar-refractivity contribution in [3.8, 4) is 6.07 Å². The molecular formula is C10H12ClN3. The molecular weight excluding hydrogens is 198 g/mol. The van der Waals surface area contributed by atoms with E-state index in [4.69, 9.17) is 22.6 Å². The van der Waals surface area contributed by atoms with E-state index in [9.17, 15) is 0 Å². The molecule has 1 aromatic carbocycles. The standard InChI is InChI=1S/C10H12ClN3/c1-14-3-2-7-4-8(6-12)10(13)9(11)5-7/h4-5,14H,2-3,13H2,1H3. The maximum atomic E-state index is 8.79. The summed E-state index contributed by atoms with van der Waals surface area (Å²) in [7, 11) is 1.88. The van der Waals surface area contributed by atoms with E-state index in [1.165, 1.54) is 0 Å². The number of hydrogen-bond acceptors (Lipinski definition) is 3. The van der Waals surface area contributed by atoms with E-state index in [1.807, 2.05) is 13.1 Å². The third-order valence-electron chi connectivity index (χ3n) is 1.97. The predicted molar refractivity (Wildman–Crippen MR) is 58.2 cm³/mol. The molecule has 4 heteroatoms. The molecule has 0 amide bonds. The van der Waals surface area contributed by atoms with Crippen molar-refractivity contribution >= 4 is 17.3 Å². The third-order valence-corrected chi connectivity index (χ3v) is 2.29. The first kappa shape index (κ1) is 10.8. The first-order valence-electron chi connectivity index (χ1n) is 4.31. The van der Waals surface area contributed by atoms with Crippen molar-refractivity contribution in [1.82, 2.24) is 5.32 Å². The van der Waals surface area contributed by atoms with Gasteiger partial charge in [-0.25, -0.2) is 0 Å². The topological polar surface area (TPSA) is 61.8 Å². The van der Waals surface area contributed by atoms with Gasteiger partial charge in [-0.3, -0.25) is 0 Å². The van der Waals surface area contributed by atoms with E-state index >= 15 is 0 Å². The van der Waals surface area contributed by atoms with Gasteiger partial charge >= 0.3 is 0 Å². The van der Waals surface area contributed by atoms with Crippen LogP contribution in [0.3, 0.4) is 0 Å². The smallest absolute Gasteiger partial charge is 0.101 e. The van der Waals surface area contributed by atoms with E-state index in [0.29, 0.717) is 16.3 Å². The van der Waals surface area contributed by atoms with Crippen molar-refractivity contribution in [1.29, 1.82) is 5.26 Å². The summed E-state index contributed by atoms with van der Waals surface area (Å²) in [6, 6.07) is 5.60. The summed E-state index contributed by atoms with van der Waals surface area (Å²) < 4.78 is 0. The maximum Gasteiger partial charge on any atom is 0.101 e. The lowest BCUT2D eigenvalue weighted by molar-refractivity contribution is 0.792. The minimum Gasteiger partial charge on any atom is -0.396 e. The summed E-state index contributed by atoms with van der Waals surface area (Å²) in [4.78, 5) is 0. The Kier molecular flexibility index (Phi) is 3.75. The van der Waals surface area contributed by atoms with E-state index in [-0.39, 0.29) is 0 Å². The van der Waals surface area contributed by atoms with E-state index in [2.05, 4.69) is 5.32 Å². The molecule has 0 heterocycles. The molecule has 1 aromatic rings. The Balaban J connectivity index is 2.99. The van der Waals surface area contributed by atoms with Crippen molar-refractivity contribution in [3.63, 3.8) is 0 Å². The molecule has 0 fully saturated rings. The number of hydrogen-bond donors (Lipinski definition) is 2. The van der Waals surface area contributed by atoms with Gasteiger partial charge in [0.15, 0.2) is 0 Å². The SMILES string of the molecule is CNCCc1cc(Cl)c(N)c(C#N)c1. The highest BCUT2D eigenvalue weighted by molar-refractivity contribution is 6.33. The Labute approximate surface area is 88.5 Å². The summed E-state index contributed by atoms with van der Waals surface area (Å²) in [5.41, 5.74) is 7.45. The molecule has 3 nitrogen and oxygen atoms in total. The fourth-order valence-corrected chi connectivity index (χ4v) is 1.42. The molecule has 1 rings (SSSR count). The lowest BCUT2D eigenvalue weighted by Crippen LogP contribution is -2.10. The highest BCUT2D eigenvalue weighted by Gasteiger charge is 2.05. The fourth-order valence-electron chi connectivity index (χ4n) is 1.18. The number of anilines is 1. The van der Waals surface area contributed by atoms with Gasteiger partial charge in [0.05, 0.1) is 16.3 Å². The van der Waals surface area contributed by atoms with Crippen LogP contribution in [0.15, 0.2) is 12.1 Å². The largest absolute Gasteiger partial charge is 0.396 e. The van der Waals surface area contributed by atoms with Gasteiger partial charge < -0.3 is 11.1 Å². The zero-order valence-electron chi connectivity index (χ0n) is 7.97. The molecule has 0 unspecified atom stereocenters. The first-order chi connectivity index (χ1) is 6.69. The van der Waals surface area contributed by atoms with Gasteiger partial charge in [-0.15, -0.1) is 0 Å². The molecule has 0 aliphatic carbocycles. The zero-order valence-corrected chi connectivity index (χ0v) is 8.73. The highest BCUT2D eigenvalue weighted by Crippen LogP contribution is 2.24. The number of nitrogen functional groups attached to an aromatic ring is 1. The van der Waals surface area contributed by atoms with Crippen LogP contribution in [0.2, 0.25) is 5.02 Å². The van der Waals surface area contributed by atoms with Gasteiger partial charge in [-0.05, 0) is 37.7 Å². The molecule has 0 atom stereocenters. The molecule has 74 valence electrons. The summed E-state index contributed by atoms with van der Waals surface area (Å²) in [6.45, 7) is 0.852. The molecule has 0 aromatic heterocycles. The summed E-state index contributed by atoms with van der Waals surface area (Å²) in [5.74, 6) is 0. The highest BCUT2D eigenvalue weighted by atomic mass is 35.5. The fraction of sp³-hybridized carbons (Fsp3) is 0.300. The number of nitriles is 1. The summed E-state index contributed by atoms with van der Waals surface area (Å²) in [5, 5.41) is 12.3. The van der Waals surface area contributed by atoms with Crippen LogP contribution >= 0.6 is 11.6 Å². The molecule has 0 bridgehead atoms. The van der Waals surface area contributed by atoms with Crippen molar-refractivity contribution in [3.05, 3.63) is 28.3 Å². The van der Waals surface area contributed by atoms with Crippen LogP contribution in [-0.2, 0) is 6.42 Å². The van der Waals surface area contributed by atoms with Crippen LogP contribution in [0.1, 0.15) is 11.1 Å². The Bertz CT molecular complexity index is 368. The maximum absolute atomic E-state index is 8.79. The number of halogens is 1. The number of benzene rings is 1. The molecule has 0 saturated heterocycles. The monoisotopic (exact) mass is 209 g/mol. The van der Waals surface area contributed by atoms with Crippen LogP contribution in [0, 0.1) is 11.3 Å². The van der Waals surface area contributed by atoms with E-state index < -0.39 is 0 Å². The van der Waals surface area contributed by atoms with Crippen molar-refractivity contribution in [2.45, 2.75) is 6.42 Å². The number of rotatable bonds is 3. The molecule has 0 aliphatic heterocycles. The quantitative estimate of drug-likeness (QED) is 0.743. The molecule has 3 N–H and O–H groups in total. The summed E-state index contributed by atoms with van der Waals surface area (Å²) in [6.07, 6.45) is 0.838. The van der Waals surface area contributed by atoms with Gasteiger partial charge in [-0.1, -0.05) is 11.6 Å². The molecule has 0 spiro atoms. The van der Waals surface area contributed by atoms with Gasteiger partial charge in [0.25, 0.3) is 0 Å².